The summed E-state index contributed by atoms with van der Waals surface area (Å²) in [4.78, 5) is 140. The summed E-state index contributed by atoms with van der Waals surface area (Å²) in [6, 6.07) is 6.32. The number of aliphatic imine (C=N–C) groups is 2. The third-order valence-electron chi connectivity index (χ3n) is 17.6. The topological polar surface area (TPSA) is 426 Å². The summed E-state index contributed by atoms with van der Waals surface area (Å²) in [7, 11) is -4.25. The van der Waals surface area contributed by atoms with E-state index in [1.807, 2.05) is 38.1 Å². The standard InChI is InChI=1S/C67H93N15O13S/c1-9-10-12-25-49(76-60(87)51(35-44-37-73-47-24-16-15-23-45(44)47)78-58(85)48(75-42(6)83)26-17-30-71-65(68)69)59(86)79-52(34-43-21-13-11-14-22-43)63(90)81-32-19-28-53(81)61(88)74-41(5)57(84)77-50(62(89)82-33-20-29-54(82)64(91)92)27-18-31-72-66(70)80-96(93,94)56-39(3)38(2)55-46(40(56)4)36-67(7,8)95-55/h9,11,13-16,21-24,37,41,48-54,73H,1,10,12,17-20,25-36H2,2-8H3,(H,74,88)(H,75,83)(H,76,87)(H,77,84)(H,78,85)(H,79,86)(H,91,92)(H4,68,69,71)(H3,70,72,80)/t41-,48-,49-,50-,51-,52-,53-,54-/m0/s1. The number of carboxylic acid groups (broad SMARTS) is 1. The number of rotatable bonds is 32. The molecule has 2 saturated heterocycles. The number of amides is 8. The second-order valence-electron chi connectivity index (χ2n) is 25.4. The number of nitrogens with zero attached hydrogens (tertiary/aromatic N) is 4. The third-order valence-corrected chi connectivity index (χ3v) is 19.2. The van der Waals surface area contributed by atoms with Crippen molar-refractivity contribution in [1.82, 2.24) is 51.4 Å². The number of hydrogen-bond donors (Lipinski definition) is 12. The van der Waals surface area contributed by atoms with Crippen LogP contribution in [0.4, 0.5) is 0 Å². The number of carbonyl (C=O) groups excluding carboxylic acids is 8. The molecule has 8 amide bonds. The number of aliphatic carboxylic acids is 1. The molecule has 96 heavy (non-hydrogen) atoms. The molecule has 3 aliphatic rings. The van der Waals surface area contributed by atoms with Gasteiger partial charge in [-0.05, 0) is 146 Å². The minimum atomic E-state index is -4.25. The van der Waals surface area contributed by atoms with Crippen molar-refractivity contribution in [2.24, 2.45) is 27.2 Å². The van der Waals surface area contributed by atoms with E-state index in [4.69, 9.17) is 21.9 Å². The molecule has 1 aromatic heterocycles. The Bertz CT molecular complexity index is 3720. The molecule has 0 radical (unpaired) electrons. The van der Waals surface area contributed by atoms with Crippen molar-refractivity contribution in [2.45, 2.75) is 197 Å². The summed E-state index contributed by atoms with van der Waals surface area (Å²) >= 11 is 0. The monoisotopic (exact) mass is 1350 g/mol. The van der Waals surface area contributed by atoms with Gasteiger partial charge in [-0.1, -0.05) is 54.6 Å². The van der Waals surface area contributed by atoms with Gasteiger partial charge in [0.15, 0.2) is 5.96 Å². The van der Waals surface area contributed by atoms with E-state index in [2.05, 4.69) is 58.2 Å². The molecular weight excluding hydrogens is 1250 g/mol. The molecule has 0 saturated carbocycles. The Hall–Kier alpha value is -9.54. The number of allylic oxidation sites excluding steroid dienone is 1. The lowest BCUT2D eigenvalue weighted by Gasteiger charge is -2.31. The quantitative estimate of drug-likeness (QED) is 0.0144. The van der Waals surface area contributed by atoms with Gasteiger partial charge in [0.25, 0.3) is 10.0 Å². The van der Waals surface area contributed by atoms with Gasteiger partial charge in [0.1, 0.15) is 59.7 Å². The number of aromatic amines is 1. The lowest BCUT2D eigenvalue weighted by atomic mass is 9.94. The lowest BCUT2D eigenvalue weighted by molar-refractivity contribution is -0.149. The zero-order chi connectivity index (χ0) is 70.2. The predicted molar refractivity (Wildman–Crippen MR) is 361 cm³/mol. The molecule has 3 aliphatic heterocycles. The zero-order valence-electron chi connectivity index (χ0n) is 55.7. The lowest BCUT2D eigenvalue weighted by Crippen LogP contribution is -2.60. The highest BCUT2D eigenvalue weighted by atomic mass is 32.2. The van der Waals surface area contributed by atoms with Gasteiger partial charge in [-0.3, -0.25) is 48.3 Å². The molecule has 0 bridgehead atoms. The van der Waals surface area contributed by atoms with Crippen LogP contribution in [-0.4, -0.2) is 174 Å². The smallest absolute Gasteiger partial charge is 0.326 e. The highest BCUT2D eigenvalue weighted by Crippen LogP contribution is 2.44. The maximum Gasteiger partial charge on any atom is 0.326 e. The number of H-pyrrole nitrogens is 1. The first-order chi connectivity index (χ1) is 45.5. The van der Waals surface area contributed by atoms with Crippen LogP contribution in [0.15, 0.2) is 88.3 Å². The van der Waals surface area contributed by atoms with Crippen LogP contribution in [0.5, 0.6) is 5.75 Å². The van der Waals surface area contributed by atoms with E-state index in [-0.39, 0.29) is 88.4 Å². The van der Waals surface area contributed by atoms with E-state index in [1.165, 1.54) is 23.6 Å². The zero-order valence-corrected chi connectivity index (χ0v) is 56.5. The van der Waals surface area contributed by atoms with Gasteiger partial charge >= 0.3 is 5.97 Å². The summed E-state index contributed by atoms with van der Waals surface area (Å²) in [6.07, 6.45) is 6.17. The highest BCUT2D eigenvalue weighted by Gasteiger charge is 2.42. The van der Waals surface area contributed by atoms with Gasteiger partial charge in [-0.15, -0.1) is 6.58 Å². The Morgan fingerprint density at radius 1 is 0.708 bits per heavy atom. The Labute approximate surface area is 559 Å². The van der Waals surface area contributed by atoms with Crippen LogP contribution in [-0.2, 0) is 72.4 Å². The average molecular weight is 1350 g/mol. The summed E-state index contributed by atoms with van der Waals surface area (Å²) in [5, 5.41) is 27.4. The number of aromatic nitrogens is 1. The van der Waals surface area contributed by atoms with Gasteiger partial charge in [-0.25, -0.2) is 17.9 Å². The fourth-order valence-electron chi connectivity index (χ4n) is 12.6. The normalized spacial score (nSPS) is 17.7. The Balaban J connectivity index is 1.05. The minimum absolute atomic E-state index is 0.0405. The van der Waals surface area contributed by atoms with Crippen molar-refractivity contribution in [1.29, 1.82) is 0 Å². The fourth-order valence-corrected chi connectivity index (χ4v) is 14.2. The number of fused-ring (bicyclic) bond motifs is 2. The van der Waals surface area contributed by atoms with E-state index in [0.717, 1.165) is 16.5 Å². The number of ether oxygens (including phenoxy) is 1. The molecule has 0 unspecified atom stereocenters. The first-order valence-electron chi connectivity index (χ1n) is 32.5. The van der Waals surface area contributed by atoms with Crippen LogP contribution in [0.2, 0.25) is 0 Å². The van der Waals surface area contributed by atoms with Crippen LogP contribution in [0, 0.1) is 20.8 Å². The number of carbonyl (C=O) groups is 9. The van der Waals surface area contributed by atoms with Crippen molar-refractivity contribution >= 4 is 86.1 Å². The van der Waals surface area contributed by atoms with Crippen molar-refractivity contribution in [3.05, 3.63) is 107 Å². The Kier molecular flexibility index (Phi) is 25.6. The Morgan fingerprint density at radius 2 is 1.27 bits per heavy atom. The van der Waals surface area contributed by atoms with Gasteiger partial charge in [0, 0.05) is 75.0 Å². The molecule has 4 heterocycles. The number of benzene rings is 3. The number of carboxylic acids is 1. The minimum Gasteiger partial charge on any atom is -0.487 e. The summed E-state index contributed by atoms with van der Waals surface area (Å²) in [5.74, 6) is -6.62. The number of para-hydroxylation sites is 1. The van der Waals surface area contributed by atoms with E-state index >= 15 is 4.79 Å². The van der Waals surface area contributed by atoms with Gasteiger partial charge in [-0.2, -0.15) is 0 Å². The van der Waals surface area contributed by atoms with Crippen LogP contribution >= 0.6 is 0 Å². The van der Waals surface area contributed by atoms with Gasteiger partial charge < -0.3 is 73.7 Å². The van der Waals surface area contributed by atoms with E-state index in [1.54, 1.807) is 63.4 Å². The van der Waals surface area contributed by atoms with Crippen molar-refractivity contribution in [3.8, 4) is 5.75 Å². The summed E-state index contributed by atoms with van der Waals surface area (Å²) in [6.45, 7) is 15.7. The molecular formula is C67H93N15O13S. The van der Waals surface area contributed by atoms with Crippen LogP contribution in [0.3, 0.4) is 0 Å². The van der Waals surface area contributed by atoms with E-state index < -0.39 is 123 Å². The number of hydrogen-bond acceptors (Lipinski definition) is 14. The molecule has 0 spiro atoms. The molecule has 3 aromatic carbocycles. The first-order valence-corrected chi connectivity index (χ1v) is 34.0. The molecule has 28 nitrogen and oxygen atoms in total. The van der Waals surface area contributed by atoms with Crippen LogP contribution in [0.1, 0.15) is 132 Å². The number of likely N-dealkylation sites (tertiary alicyclic amines) is 2. The molecule has 8 atom stereocenters. The third kappa shape index (κ3) is 19.3. The van der Waals surface area contributed by atoms with Crippen LogP contribution in [0.25, 0.3) is 10.9 Å². The van der Waals surface area contributed by atoms with Gasteiger partial charge in [0.2, 0.25) is 53.2 Å². The molecule has 15 N–H and O–H groups in total. The maximum absolute atomic E-state index is 15.0. The fraction of sp³-hybridized carbons (Fsp3) is 0.507. The Morgan fingerprint density at radius 3 is 1.93 bits per heavy atom. The molecule has 4 aromatic rings. The number of nitrogens with one attached hydrogen (secondary N) is 8. The molecule has 2 fully saturated rings. The van der Waals surface area contributed by atoms with Crippen LogP contribution < -0.4 is 58.6 Å². The summed E-state index contributed by atoms with van der Waals surface area (Å²) < 4.78 is 36.3. The molecule has 520 valence electrons. The second-order valence-corrected chi connectivity index (χ2v) is 27.1. The molecule has 0 aliphatic carbocycles. The predicted octanol–water partition coefficient (Wildman–Crippen LogP) is 2.09. The number of guanidine groups is 2. The molecule has 29 heteroatoms. The maximum atomic E-state index is 15.0. The van der Waals surface area contributed by atoms with Crippen molar-refractivity contribution in [2.75, 3.05) is 26.2 Å². The van der Waals surface area contributed by atoms with Crippen molar-refractivity contribution < 1.29 is 61.4 Å². The number of sulfonamides is 1. The largest absolute Gasteiger partial charge is 0.487 e. The molecule has 7 rings (SSSR count). The van der Waals surface area contributed by atoms with E-state index in [9.17, 15) is 51.9 Å². The second kappa shape index (κ2) is 33.2. The summed E-state index contributed by atoms with van der Waals surface area (Å²) in [5.41, 5.74) is 21.2. The van der Waals surface area contributed by atoms with Gasteiger partial charge in [0.05, 0.1) is 4.90 Å². The SMILES string of the molecule is C=CCCC[C@H](NC(=O)[C@H](Cc1c[nH]c2ccccc12)NC(=O)[C@H](CCCN=C(N)N)NC(C)=O)C(=O)N[C@@H](Cc1ccccc1)C(=O)N1CCC[C@H]1C(=O)N[C@@H](C)C(=O)N[C@@H](CCCN=C(N)NS(=O)(=O)c1c(C)c(C)c2c(c1C)CC(C)(C)O2)C(=O)N1CCC[C@H]1C(=O)O. The highest BCUT2D eigenvalue weighted by molar-refractivity contribution is 7.90. The number of unbranched alkanes of at least 4 members (excludes halogenated alkanes) is 1. The average Bonchev–Trinajstić information content (AvgIpc) is 1.51. The first kappa shape index (κ1) is 73.9. The van der Waals surface area contributed by atoms with Crippen molar-refractivity contribution in [3.63, 3.8) is 0 Å². The number of nitrogens with two attached hydrogens (primary N) is 3. The van der Waals surface area contributed by atoms with E-state index in [0.29, 0.717) is 72.1 Å².